The fraction of sp³-hybridized carbons (Fsp3) is 0.385. The zero-order chi connectivity index (χ0) is 12.5. The first kappa shape index (κ1) is 11.7. The Morgan fingerprint density at radius 3 is 3.00 bits per heavy atom. The Hall–Kier alpha value is -1.39. The van der Waals surface area contributed by atoms with Crippen LogP contribution in [0.4, 0.5) is 0 Å². The number of aromatic nitrogens is 3. The first-order chi connectivity index (χ1) is 8.79. The highest BCUT2D eigenvalue weighted by Gasteiger charge is 2.23. The Labute approximate surface area is 110 Å². The molecule has 4 nitrogen and oxygen atoms in total. The van der Waals surface area contributed by atoms with E-state index in [9.17, 15) is 5.11 Å². The molecule has 2 heterocycles. The van der Waals surface area contributed by atoms with Gasteiger partial charge in [-0.2, -0.15) is 5.10 Å². The standard InChI is InChI=1S/C13H14ClN3O/c14-11-6-2-1-5-10(11)13-15-12-7-3-4-9(8-18)17(12)16-13/h1-2,5-6,9,18H,3-4,7-8H2. The summed E-state index contributed by atoms with van der Waals surface area (Å²) in [5.41, 5.74) is 0.845. The predicted molar refractivity (Wildman–Crippen MR) is 69.5 cm³/mol. The third kappa shape index (κ3) is 1.91. The molecule has 2 aromatic rings. The molecule has 1 atom stereocenters. The number of aliphatic hydroxyl groups is 1. The highest BCUT2D eigenvalue weighted by atomic mass is 35.5. The predicted octanol–water partition coefficient (Wildman–Crippen LogP) is 2.47. The van der Waals surface area contributed by atoms with Crippen molar-refractivity contribution in [2.45, 2.75) is 25.3 Å². The van der Waals surface area contributed by atoms with Gasteiger partial charge < -0.3 is 5.11 Å². The van der Waals surface area contributed by atoms with Gasteiger partial charge in [0.2, 0.25) is 0 Å². The molecule has 1 aliphatic rings. The second kappa shape index (κ2) is 4.71. The maximum Gasteiger partial charge on any atom is 0.182 e. The maximum absolute atomic E-state index is 9.36. The summed E-state index contributed by atoms with van der Waals surface area (Å²) >= 11 is 6.15. The van der Waals surface area contributed by atoms with Crippen LogP contribution in [0.2, 0.25) is 5.02 Å². The maximum atomic E-state index is 9.36. The SMILES string of the molecule is OCC1CCCc2nc(-c3ccccc3Cl)nn21. The Balaban J connectivity index is 2.05. The molecule has 1 N–H and O–H groups in total. The minimum absolute atomic E-state index is 0.0532. The molecule has 1 aliphatic heterocycles. The van der Waals surface area contributed by atoms with Gasteiger partial charge in [0.1, 0.15) is 5.82 Å². The Kier molecular flexibility index (Phi) is 3.06. The second-order valence-electron chi connectivity index (χ2n) is 4.50. The van der Waals surface area contributed by atoms with Crippen molar-refractivity contribution < 1.29 is 5.11 Å². The highest BCUT2D eigenvalue weighted by Crippen LogP contribution is 2.29. The molecule has 1 aromatic heterocycles. The van der Waals surface area contributed by atoms with Crippen LogP contribution >= 0.6 is 11.6 Å². The van der Waals surface area contributed by atoms with Gasteiger partial charge in [-0.3, -0.25) is 0 Å². The second-order valence-corrected chi connectivity index (χ2v) is 4.91. The molecule has 0 aliphatic carbocycles. The van der Waals surface area contributed by atoms with Crippen molar-refractivity contribution in [3.8, 4) is 11.4 Å². The average molecular weight is 264 g/mol. The minimum Gasteiger partial charge on any atom is -0.394 e. The molecule has 0 saturated heterocycles. The number of nitrogens with zero attached hydrogens (tertiary/aromatic N) is 3. The third-order valence-electron chi connectivity index (χ3n) is 3.31. The minimum atomic E-state index is 0.0532. The van der Waals surface area contributed by atoms with E-state index in [1.54, 1.807) is 0 Å². The van der Waals surface area contributed by atoms with Crippen LogP contribution in [0.3, 0.4) is 0 Å². The van der Waals surface area contributed by atoms with Crippen LogP contribution in [-0.4, -0.2) is 26.5 Å². The number of benzene rings is 1. The van der Waals surface area contributed by atoms with Crippen LogP contribution in [0.5, 0.6) is 0 Å². The molecule has 1 unspecified atom stereocenters. The molecule has 0 radical (unpaired) electrons. The quantitative estimate of drug-likeness (QED) is 0.906. The summed E-state index contributed by atoms with van der Waals surface area (Å²) in [5, 5.41) is 14.5. The number of fused-ring (bicyclic) bond motifs is 1. The van der Waals surface area contributed by atoms with Gasteiger partial charge in [-0.05, 0) is 25.0 Å². The van der Waals surface area contributed by atoms with E-state index in [1.165, 1.54) is 0 Å². The van der Waals surface area contributed by atoms with Crippen LogP contribution in [0, 0.1) is 0 Å². The van der Waals surface area contributed by atoms with Crippen LogP contribution in [0.1, 0.15) is 24.7 Å². The van der Waals surface area contributed by atoms with Crippen LogP contribution < -0.4 is 0 Å². The summed E-state index contributed by atoms with van der Waals surface area (Å²) in [7, 11) is 0. The smallest absolute Gasteiger partial charge is 0.182 e. The van der Waals surface area contributed by atoms with Gasteiger partial charge in [-0.25, -0.2) is 9.67 Å². The fourth-order valence-corrected chi connectivity index (χ4v) is 2.58. The van der Waals surface area contributed by atoms with Crippen molar-refractivity contribution >= 4 is 11.6 Å². The molecular formula is C13H14ClN3O. The first-order valence-electron chi connectivity index (χ1n) is 6.11. The van der Waals surface area contributed by atoms with Crippen molar-refractivity contribution in [3.63, 3.8) is 0 Å². The van der Waals surface area contributed by atoms with Gasteiger partial charge in [0, 0.05) is 12.0 Å². The van der Waals surface area contributed by atoms with Gasteiger partial charge in [0.05, 0.1) is 17.7 Å². The molecule has 3 rings (SSSR count). The van der Waals surface area contributed by atoms with Gasteiger partial charge >= 0.3 is 0 Å². The molecule has 0 fully saturated rings. The van der Waals surface area contributed by atoms with Crippen molar-refractivity contribution in [1.82, 2.24) is 14.8 Å². The lowest BCUT2D eigenvalue weighted by molar-refractivity contribution is 0.195. The average Bonchev–Trinajstić information content (AvgIpc) is 2.82. The molecule has 0 amide bonds. The molecule has 5 heteroatoms. The number of halogens is 1. The molecule has 0 spiro atoms. The van der Waals surface area contributed by atoms with E-state index in [-0.39, 0.29) is 12.6 Å². The summed E-state index contributed by atoms with van der Waals surface area (Å²) in [6.07, 6.45) is 2.91. The molecule has 1 aromatic carbocycles. The largest absolute Gasteiger partial charge is 0.394 e. The van der Waals surface area contributed by atoms with Crippen molar-refractivity contribution in [2.75, 3.05) is 6.61 Å². The van der Waals surface area contributed by atoms with E-state index in [4.69, 9.17) is 11.6 Å². The lowest BCUT2D eigenvalue weighted by Gasteiger charge is -2.20. The number of aliphatic hydroxyl groups excluding tert-OH is 1. The monoisotopic (exact) mass is 263 g/mol. The van der Waals surface area contributed by atoms with E-state index in [0.717, 1.165) is 30.7 Å². The fourth-order valence-electron chi connectivity index (χ4n) is 2.36. The molecule has 0 bridgehead atoms. The number of rotatable bonds is 2. The number of aryl methyl sites for hydroxylation is 1. The summed E-state index contributed by atoms with van der Waals surface area (Å²) in [5.74, 6) is 1.59. The lowest BCUT2D eigenvalue weighted by Crippen LogP contribution is -2.21. The lowest BCUT2D eigenvalue weighted by atomic mass is 10.1. The zero-order valence-electron chi connectivity index (χ0n) is 9.88. The van der Waals surface area contributed by atoms with E-state index in [2.05, 4.69) is 10.1 Å². The first-order valence-corrected chi connectivity index (χ1v) is 6.48. The van der Waals surface area contributed by atoms with Gasteiger partial charge in [-0.1, -0.05) is 23.7 Å². The number of hydrogen-bond donors (Lipinski definition) is 1. The van der Waals surface area contributed by atoms with Crippen molar-refractivity contribution in [1.29, 1.82) is 0 Å². The van der Waals surface area contributed by atoms with Crippen molar-refractivity contribution in [2.24, 2.45) is 0 Å². The molecule has 94 valence electrons. The van der Waals surface area contributed by atoms with Gasteiger partial charge in [-0.15, -0.1) is 0 Å². The summed E-state index contributed by atoms with van der Waals surface area (Å²) < 4.78 is 1.85. The molecule has 18 heavy (non-hydrogen) atoms. The third-order valence-corrected chi connectivity index (χ3v) is 3.64. The van der Waals surface area contributed by atoms with Crippen LogP contribution in [0.15, 0.2) is 24.3 Å². The van der Waals surface area contributed by atoms with Gasteiger partial charge in [0.15, 0.2) is 5.82 Å². The normalized spacial score (nSPS) is 18.7. The van der Waals surface area contributed by atoms with Gasteiger partial charge in [0.25, 0.3) is 0 Å². The molecule has 0 saturated carbocycles. The Bertz CT molecular complexity index is 567. The number of hydrogen-bond acceptors (Lipinski definition) is 3. The van der Waals surface area contributed by atoms with E-state index >= 15 is 0 Å². The summed E-state index contributed by atoms with van der Waals surface area (Å²) in [4.78, 5) is 4.54. The Morgan fingerprint density at radius 1 is 1.39 bits per heavy atom. The summed E-state index contributed by atoms with van der Waals surface area (Å²) in [6.45, 7) is 0.109. The topological polar surface area (TPSA) is 50.9 Å². The van der Waals surface area contributed by atoms with Crippen LogP contribution in [0.25, 0.3) is 11.4 Å². The van der Waals surface area contributed by atoms with E-state index in [1.807, 2.05) is 28.9 Å². The molecular weight excluding hydrogens is 250 g/mol. The Morgan fingerprint density at radius 2 is 2.22 bits per heavy atom. The van der Waals surface area contributed by atoms with E-state index in [0.29, 0.717) is 10.8 Å². The highest BCUT2D eigenvalue weighted by molar-refractivity contribution is 6.33. The van der Waals surface area contributed by atoms with Crippen LogP contribution in [-0.2, 0) is 6.42 Å². The zero-order valence-corrected chi connectivity index (χ0v) is 10.6. The van der Waals surface area contributed by atoms with E-state index < -0.39 is 0 Å². The summed E-state index contributed by atoms with van der Waals surface area (Å²) in [6, 6.07) is 7.61. The van der Waals surface area contributed by atoms with Crippen molar-refractivity contribution in [3.05, 3.63) is 35.1 Å².